The first kappa shape index (κ1) is 17.0. The zero-order valence-electron chi connectivity index (χ0n) is 15.4. The van der Waals surface area contributed by atoms with Gasteiger partial charge in [-0.05, 0) is 43.3 Å². The van der Waals surface area contributed by atoms with Crippen molar-refractivity contribution >= 4 is 28.2 Å². The van der Waals surface area contributed by atoms with Crippen LogP contribution >= 0.6 is 11.3 Å². The van der Waals surface area contributed by atoms with Crippen molar-refractivity contribution in [2.75, 3.05) is 0 Å². The maximum Gasteiger partial charge on any atom is 0.283 e. The van der Waals surface area contributed by atoms with Crippen molar-refractivity contribution in [3.8, 4) is 5.95 Å². The average molecular weight is 391 g/mol. The zero-order chi connectivity index (χ0) is 19.4. The van der Waals surface area contributed by atoms with E-state index in [1.54, 1.807) is 17.5 Å². The number of carbonyl (C=O) groups excluding carboxylic acids is 1. The number of Topliss-reactive ketones (excluding diaryl/α,β-unsaturated/α-hetero) is 1. The standard InChI is InChI=1S/C20H17N5O2S/c1-10-6-11(2)23-20(22-10)25-19(27)17-13-7-12(16-4-3-5-28-16)8-15(26)14(13)9-21-18(17)24-25/h3-6,9,12H,7-8H2,1-2H3,(H,21,24). The Kier molecular flexibility index (Phi) is 3.77. The lowest BCUT2D eigenvalue weighted by Crippen LogP contribution is -2.22. The molecule has 1 N–H and O–H groups in total. The highest BCUT2D eigenvalue weighted by molar-refractivity contribution is 7.10. The SMILES string of the molecule is Cc1cc(C)nc(-n2[nH]c3ncc4c(c3c2=O)CC(c2cccs2)CC4=O)n1. The number of hydrogen-bond donors (Lipinski definition) is 1. The lowest BCUT2D eigenvalue weighted by atomic mass is 9.82. The average Bonchev–Trinajstić information content (AvgIpc) is 3.29. The van der Waals surface area contributed by atoms with Gasteiger partial charge in [0.05, 0.1) is 5.39 Å². The summed E-state index contributed by atoms with van der Waals surface area (Å²) in [6.45, 7) is 3.71. The second kappa shape index (κ2) is 6.20. The fourth-order valence-corrected chi connectivity index (χ4v) is 4.74. The number of pyridine rings is 1. The summed E-state index contributed by atoms with van der Waals surface area (Å²) in [6, 6.07) is 5.88. The van der Waals surface area contributed by atoms with Crippen molar-refractivity contribution in [1.29, 1.82) is 0 Å². The van der Waals surface area contributed by atoms with Gasteiger partial charge < -0.3 is 0 Å². The van der Waals surface area contributed by atoms with E-state index in [0.717, 1.165) is 21.8 Å². The highest BCUT2D eigenvalue weighted by atomic mass is 32.1. The maximum absolute atomic E-state index is 13.2. The number of fused-ring (bicyclic) bond motifs is 3. The molecular weight excluding hydrogens is 374 g/mol. The molecule has 0 fully saturated rings. The van der Waals surface area contributed by atoms with Crippen LogP contribution in [0.5, 0.6) is 0 Å². The van der Waals surface area contributed by atoms with Crippen LogP contribution in [0.2, 0.25) is 0 Å². The minimum Gasteiger partial charge on any atom is -0.294 e. The van der Waals surface area contributed by atoms with Gasteiger partial charge >= 0.3 is 0 Å². The summed E-state index contributed by atoms with van der Waals surface area (Å²) in [6.07, 6.45) is 2.66. The fourth-order valence-electron chi connectivity index (χ4n) is 3.91. The fraction of sp³-hybridized carbons (Fsp3) is 0.250. The summed E-state index contributed by atoms with van der Waals surface area (Å²) in [7, 11) is 0. The first-order chi connectivity index (χ1) is 13.5. The van der Waals surface area contributed by atoms with Gasteiger partial charge in [-0.3, -0.25) is 14.7 Å². The molecule has 4 heterocycles. The third-order valence-corrected chi connectivity index (χ3v) is 6.15. The predicted molar refractivity (Wildman–Crippen MR) is 106 cm³/mol. The highest BCUT2D eigenvalue weighted by Gasteiger charge is 2.30. The second-order valence-corrected chi connectivity index (χ2v) is 8.10. The molecule has 4 aromatic heterocycles. The number of rotatable bonds is 2. The molecular formula is C20H17N5O2S. The van der Waals surface area contributed by atoms with Gasteiger partial charge in [0, 0.05) is 40.4 Å². The van der Waals surface area contributed by atoms with E-state index in [0.29, 0.717) is 29.4 Å². The number of nitrogens with one attached hydrogen (secondary N) is 1. The normalized spacial score (nSPS) is 16.5. The van der Waals surface area contributed by atoms with Crippen molar-refractivity contribution in [3.63, 3.8) is 0 Å². The van der Waals surface area contributed by atoms with Crippen LogP contribution in [0, 0.1) is 13.8 Å². The zero-order valence-corrected chi connectivity index (χ0v) is 16.2. The largest absolute Gasteiger partial charge is 0.294 e. The number of carbonyl (C=O) groups is 1. The van der Waals surface area contributed by atoms with E-state index in [-0.39, 0.29) is 23.2 Å². The monoisotopic (exact) mass is 391 g/mol. The van der Waals surface area contributed by atoms with Gasteiger partial charge in [0.2, 0.25) is 0 Å². The van der Waals surface area contributed by atoms with Crippen LogP contribution in [-0.2, 0) is 6.42 Å². The molecule has 5 rings (SSSR count). The van der Waals surface area contributed by atoms with Crippen LogP contribution < -0.4 is 5.56 Å². The molecule has 0 saturated heterocycles. The number of ketones is 1. The Morgan fingerprint density at radius 1 is 1.18 bits per heavy atom. The van der Waals surface area contributed by atoms with E-state index in [4.69, 9.17) is 0 Å². The first-order valence-corrected chi connectivity index (χ1v) is 9.91. The van der Waals surface area contributed by atoms with Gasteiger partial charge in [-0.1, -0.05) is 6.07 Å². The number of H-pyrrole nitrogens is 1. The molecule has 1 atom stereocenters. The maximum atomic E-state index is 13.2. The third-order valence-electron chi connectivity index (χ3n) is 5.12. The van der Waals surface area contributed by atoms with Crippen molar-refractivity contribution in [2.24, 2.45) is 0 Å². The lowest BCUT2D eigenvalue weighted by molar-refractivity contribution is 0.0965. The summed E-state index contributed by atoms with van der Waals surface area (Å²) in [5.41, 5.74) is 3.04. The van der Waals surface area contributed by atoms with Crippen molar-refractivity contribution < 1.29 is 4.79 Å². The van der Waals surface area contributed by atoms with Crippen molar-refractivity contribution in [2.45, 2.75) is 32.6 Å². The number of nitrogens with zero attached hydrogens (tertiary/aromatic N) is 4. The van der Waals surface area contributed by atoms with E-state index in [1.807, 2.05) is 37.4 Å². The Balaban J connectivity index is 1.71. The second-order valence-electron chi connectivity index (χ2n) is 7.12. The Morgan fingerprint density at radius 2 is 1.96 bits per heavy atom. The minimum atomic E-state index is -0.274. The van der Waals surface area contributed by atoms with E-state index in [9.17, 15) is 9.59 Å². The van der Waals surface area contributed by atoms with Gasteiger partial charge in [-0.2, -0.15) is 4.68 Å². The lowest BCUT2D eigenvalue weighted by Gasteiger charge is -2.22. The molecule has 140 valence electrons. The Bertz CT molecular complexity index is 1270. The summed E-state index contributed by atoms with van der Waals surface area (Å²) < 4.78 is 1.32. The molecule has 7 nitrogen and oxygen atoms in total. The van der Waals surface area contributed by atoms with Gasteiger partial charge in [0.1, 0.15) is 0 Å². The van der Waals surface area contributed by atoms with E-state index < -0.39 is 0 Å². The summed E-state index contributed by atoms with van der Waals surface area (Å²) in [5.74, 6) is 0.404. The van der Waals surface area contributed by atoms with Crippen molar-refractivity contribution in [1.82, 2.24) is 24.7 Å². The van der Waals surface area contributed by atoms with Gasteiger partial charge in [-0.25, -0.2) is 15.0 Å². The summed E-state index contributed by atoms with van der Waals surface area (Å²) in [5, 5.41) is 5.47. The van der Waals surface area contributed by atoms with Gasteiger partial charge in [0.25, 0.3) is 11.5 Å². The molecule has 1 aliphatic carbocycles. The molecule has 0 amide bonds. The van der Waals surface area contributed by atoms with E-state index >= 15 is 0 Å². The molecule has 0 aliphatic heterocycles. The van der Waals surface area contributed by atoms with Gasteiger partial charge in [-0.15, -0.1) is 11.3 Å². The number of aromatic nitrogens is 5. The predicted octanol–water partition coefficient (Wildman–Crippen LogP) is 3.09. The van der Waals surface area contributed by atoms with Crippen LogP contribution in [0.15, 0.2) is 34.6 Å². The molecule has 0 spiro atoms. The van der Waals surface area contributed by atoms with E-state index in [1.165, 1.54) is 4.68 Å². The molecule has 8 heteroatoms. The number of aromatic amines is 1. The molecule has 0 aromatic carbocycles. The van der Waals surface area contributed by atoms with Crippen LogP contribution in [0.1, 0.15) is 44.5 Å². The molecule has 4 aromatic rings. The van der Waals surface area contributed by atoms with Gasteiger partial charge in [0.15, 0.2) is 11.4 Å². The van der Waals surface area contributed by atoms with Crippen molar-refractivity contribution in [3.05, 3.63) is 67.5 Å². The Labute approximate surface area is 164 Å². The Hall–Kier alpha value is -3.13. The van der Waals surface area contributed by atoms with E-state index in [2.05, 4.69) is 20.1 Å². The smallest absolute Gasteiger partial charge is 0.283 e. The number of aryl methyl sites for hydroxylation is 2. The number of hydrogen-bond acceptors (Lipinski definition) is 6. The van der Waals surface area contributed by atoms with Crippen LogP contribution in [0.25, 0.3) is 17.0 Å². The summed E-state index contributed by atoms with van der Waals surface area (Å²) in [4.78, 5) is 40.2. The third kappa shape index (κ3) is 2.60. The molecule has 0 radical (unpaired) electrons. The molecule has 28 heavy (non-hydrogen) atoms. The quantitative estimate of drug-likeness (QED) is 0.567. The number of thiophene rings is 1. The van der Waals surface area contributed by atoms with Crippen LogP contribution in [0.3, 0.4) is 0 Å². The molecule has 0 saturated carbocycles. The Morgan fingerprint density at radius 3 is 2.68 bits per heavy atom. The minimum absolute atomic E-state index is 0.0313. The molecule has 1 unspecified atom stereocenters. The van der Waals surface area contributed by atoms with Crippen LogP contribution in [0.4, 0.5) is 0 Å². The van der Waals surface area contributed by atoms with Crippen LogP contribution in [-0.4, -0.2) is 30.5 Å². The highest BCUT2D eigenvalue weighted by Crippen LogP contribution is 2.36. The first-order valence-electron chi connectivity index (χ1n) is 9.03. The topological polar surface area (TPSA) is 93.5 Å². The molecule has 1 aliphatic rings. The summed E-state index contributed by atoms with van der Waals surface area (Å²) >= 11 is 1.64. The molecule has 0 bridgehead atoms.